The van der Waals surface area contributed by atoms with E-state index >= 15 is 0 Å². The Morgan fingerprint density at radius 3 is 2.86 bits per heavy atom. The molecule has 0 spiro atoms. The molecule has 2 heteroatoms. The molecule has 0 aromatic carbocycles. The summed E-state index contributed by atoms with van der Waals surface area (Å²) in [5.74, 6) is 0.944. The Balaban J connectivity index is 2.41. The topological polar surface area (TPSA) is 35.2 Å². The first-order chi connectivity index (χ1) is 3.43. The predicted molar refractivity (Wildman–Crippen MR) is 27.5 cm³/mol. The van der Waals surface area contributed by atoms with Crippen molar-refractivity contribution in [1.29, 1.82) is 0 Å². The molecule has 0 unspecified atom stereocenters. The van der Waals surface area contributed by atoms with E-state index in [1.165, 1.54) is 6.20 Å². The fourth-order valence-corrected chi connectivity index (χ4v) is 0.653. The smallest absolute Gasteiger partial charge is 0.111 e. The Kier molecular flexibility index (Phi) is 1.20. The van der Waals surface area contributed by atoms with Crippen LogP contribution in [-0.4, -0.2) is 6.61 Å². The fourth-order valence-electron chi connectivity index (χ4n) is 0.653. The van der Waals surface area contributed by atoms with Gasteiger partial charge in [0.15, 0.2) is 0 Å². The van der Waals surface area contributed by atoms with Crippen molar-refractivity contribution >= 4 is 0 Å². The monoisotopic (exact) mass is 99.1 g/mol. The third kappa shape index (κ3) is 0.856. The van der Waals surface area contributed by atoms with Crippen LogP contribution in [0.5, 0.6) is 0 Å². The Morgan fingerprint density at radius 2 is 2.57 bits per heavy atom. The first-order valence-electron chi connectivity index (χ1n) is 2.47. The highest BCUT2D eigenvalue weighted by Crippen LogP contribution is 2.13. The van der Waals surface area contributed by atoms with Crippen LogP contribution in [0.25, 0.3) is 0 Å². The van der Waals surface area contributed by atoms with Gasteiger partial charge >= 0.3 is 0 Å². The van der Waals surface area contributed by atoms with Crippen LogP contribution in [0.3, 0.4) is 0 Å². The van der Waals surface area contributed by atoms with Crippen molar-refractivity contribution in [1.82, 2.24) is 0 Å². The van der Waals surface area contributed by atoms with Crippen molar-refractivity contribution in [3.63, 3.8) is 0 Å². The van der Waals surface area contributed by atoms with Crippen molar-refractivity contribution in [2.45, 2.75) is 12.8 Å². The van der Waals surface area contributed by atoms with Crippen LogP contribution in [0.4, 0.5) is 0 Å². The number of ether oxygens (including phenoxy) is 1. The zero-order valence-corrected chi connectivity index (χ0v) is 4.18. The highest BCUT2D eigenvalue weighted by molar-refractivity contribution is 4.92. The molecular weight excluding hydrogens is 90.1 g/mol. The second-order valence-electron chi connectivity index (χ2n) is 1.58. The molecule has 0 aromatic heterocycles. The number of allylic oxidation sites excluding steroid dienone is 1. The van der Waals surface area contributed by atoms with E-state index in [-0.39, 0.29) is 0 Å². The van der Waals surface area contributed by atoms with E-state index in [9.17, 15) is 0 Å². The Morgan fingerprint density at radius 1 is 1.71 bits per heavy atom. The Hall–Kier alpha value is -0.660. The Bertz CT molecular complexity index is 80.1. The number of rotatable bonds is 0. The summed E-state index contributed by atoms with van der Waals surface area (Å²) in [7, 11) is 0. The number of hydrogen-bond acceptors (Lipinski definition) is 2. The van der Waals surface area contributed by atoms with Crippen LogP contribution in [-0.2, 0) is 4.74 Å². The summed E-state index contributed by atoms with van der Waals surface area (Å²) in [6.07, 6.45) is 3.69. The third-order valence-electron chi connectivity index (χ3n) is 1.04. The van der Waals surface area contributed by atoms with Crippen molar-refractivity contribution in [3.8, 4) is 0 Å². The lowest BCUT2D eigenvalue weighted by atomic mass is 10.3. The molecule has 0 atom stereocenters. The lowest BCUT2D eigenvalue weighted by molar-refractivity contribution is 0.262. The minimum atomic E-state index is 0.850. The molecule has 0 amide bonds. The molecule has 1 rings (SSSR count). The first kappa shape index (κ1) is 4.50. The summed E-state index contributed by atoms with van der Waals surface area (Å²) >= 11 is 0. The van der Waals surface area contributed by atoms with E-state index in [4.69, 9.17) is 10.5 Å². The molecule has 1 aliphatic rings. The second-order valence-corrected chi connectivity index (χ2v) is 1.58. The fraction of sp³-hybridized carbons (Fsp3) is 0.600. The quantitative estimate of drug-likeness (QED) is 0.482. The molecule has 1 saturated heterocycles. The van der Waals surface area contributed by atoms with Crippen LogP contribution in [0, 0.1) is 0 Å². The first-order valence-corrected chi connectivity index (χ1v) is 2.47. The summed E-state index contributed by atoms with van der Waals surface area (Å²) in [4.78, 5) is 0. The van der Waals surface area contributed by atoms with Gasteiger partial charge in [-0.2, -0.15) is 0 Å². The van der Waals surface area contributed by atoms with E-state index in [2.05, 4.69) is 0 Å². The maximum absolute atomic E-state index is 5.15. The zero-order chi connectivity index (χ0) is 5.11. The number of hydrogen-bond donors (Lipinski definition) is 1. The van der Waals surface area contributed by atoms with E-state index in [0.717, 1.165) is 25.2 Å². The average Bonchev–Trinajstić information content (AvgIpc) is 2.14. The maximum atomic E-state index is 5.15. The zero-order valence-electron chi connectivity index (χ0n) is 4.18. The average molecular weight is 99.1 g/mol. The van der Waals surface area contributed by atoms with Crippen LogP contribution in [0.15, 0.2) is 12.0 Å². The van der Waals surface area contributed by atoms with Gasteiger partial charge in [-0.25, -0.2) is 0 Å². The van der Waals surface area contributed by atoms with Crippen LogP contribution < -0.4 is 5.73 Å². The normalized spacial score (nSPS) is 25.4. The summed E-state index contributed by atoms with van der Waals surface area (Å²) in [6.45, 7) is 0.850. The summed E-state index contributed by atoms with van der Waals surface area (Å²) in [6, 6.07) is 0. The Labute approximate surface area is 43.0 Å². The van der Waals surface area contributed by atoms with E-state index in [1.807, 2.05) is 0 Å². The molecular formula is C5H9NO. The SMILES string of the molecule is N/C=C1/CCCO1. The van der Waals surface area contributed by atoms with E-state index < -0.39 is 0 Å². The van der Waals surface area contributed by atoms with Gasteiger partial charge in [0.1, 0.15) is 5.76 Å². The van der Waals surface area contributed by atoms with Crippen molar-refractivity contribution in [3.05, 3.63) is 12.0 Å². The van der Waals surface area contributed by atoms with Gasteiger partial charge in [0, 0.05) is 12.6 Å². The van der Waals surface area contributed by atoms with Crippen LogP contribution in [0.2, 0.25) is 0 Å². The van der Waals surface area contributed by atoms with Gasteiger partial charge in [-0.15, -0.1) is 0 Å². The van der Waals surface area contributed by atoms with Gasteiger partial charge in [-0.3, -0.25) is 0 Å². The molecule has 0 saturated carbocycles. The largest absolute Gasteiger partial charge is 0.496 e. The van der Waals surface area contributed by atoms with Crippen molar-refractivity contribution in [2.24, 2.45) is 5.73 Å². The lowest BCUT2D eigenvalue weighted by Crippen LogP contribution is -1.84. The molecule has 1 fully saturated rings. The van der Waals surface area contributed by atoms with Gasteiger partial charge in [-0.05, 0) is 6.42 Å². The van der Waals surface area contributed by atoms with Gasteiger partial charge in [0.25, 0.3) is 0 Å². The van der Waals surface area contributed by atoms with Gasteiger partial charge in [0.05, 0.1) is 6.61 Å². The van der Waals surface area contributed by atoms with Gasteiger partial charge < -0.3 is 10.5 Å². The molecule has 40 valence electrons. The standard InChI is InChI=1S/C5H9NO/c6-4-5-2-1-3-7-5/h4H,1-3,6H2/b5-4-. The summed E-state index contributed by atoms with van der Waals surface area (Å²) in [5, 5.41) is 0. The minimum absolute atomic E-state index is 0.850. The molecule has 0 aliphatic carbocycles. The van der Waals surface area contributed by atoms with Gasteiger partial charge in [0.2, 0.25) is 0 Å². The van der Waals surface area contributed by atoms with Crippen molar-refractivity contribution < 1.29 is 4.74 Å². The minimum Gasteiger partial charge on any atom is -0.496 e. The molecule has 1 heterocycles. The molecule has 0 radical (unpaired) electrons. The summed E-state index contributed by atoms with van der Waals surface area (Å²) in [5.41, 5.74) is 5.15. The molecule has 1 aliphatic heterocycles. The highest BCUT2D eigenvalue weighted by Gasteiger charge is 2.04. The van der Waals surface area contributed by atoms with Gasteiger partial charge in [-0.1, -0.05) is 0 Å². The third-order valence-corrected chi connectivity index (χ3v) is 1.04. The molecule has 7 heavy (non-hydrogen) atoms. The number of nitrogens with two attached hydrogens (primary N) is 1. The summed E-state index contributed by atoms with van der Waals surface area (Å²) < 4.78 is 5.04. The molecule has 0 bridgehead atoms. The predicted octanol–water partition coefficient (Wildman–Crippen LogP) is 0.597. The molecule has 2 nitrogen and oxygen atoms in total. The van der Waals surface area contributed by atoms with Crippen molar-refractivity contribution in [2.75, 3.05) is 6.61 Å². The van der Waals surface area contributed by atoms with Crippen LogP contribution in [0.1, 0.15) is 12.8 Å². The lowest BCUT2D eigenvalue weighted by Gasteiger charge is -1.91. The van der Waals surface area contributed by atoms with Crippen LogP contribution >= 0.6 is 0 Å². The maximum Gasteiger partial charge on any atom is 0.111 e. The highest BCUT2D eigenvalue weighted by atomic mass is 16.5. The molecule has 2 N–H and O–H groups in total. The molecule has 0 aromatic rings. The van der Waals surface area contributed by atoms with E-state index in [1.54, 1.807) is 0 Å². The van der Waals surface area contributed by atoms with E-state index in [0.29, 0.717) is 0 Å². The second kappa shape index (κ2) is 1.87.